The molecule has 0 atom stereocenters. The summed E-state index contributed by atoms with van der Waals surface area (Å²) in [4.78, 5) is 31.8. The monoisotopic (exact) mass is 305 g/mol. The van der Waals surface area contributed by atoms with Crippen LogP contribution in [0.1, 0.15) is 6.42 Å². The van der Waals surface area contributed by atoms with E-state index in [2.05, 4.69) is 20.5 Å². The number of hydrogen-bond donors (Lipinski definition) is 2. The van der Waals surface area contributed by atoms with Gasteiger partial charge in [-0.1, -0.05) is 6.07 Å². The fourth-order valence-corrected chi connectivity index (χ4v) is 2.42. The molecule has 2 N–H and O–H groups in total. The predicted molar refractivity (Wildman–Crippen MR) is 84.6 cm³/mol. The quantitative estimate of drug-likeness (QED) is 0.738. The average Bonchev–Trinajstić information content (AvgIpc) is 2.56. The van der Waals surface area contributed by atoms with Crippen LogP contribution in [-0.4, -0.2) is 68.0 Å². The highest BCUT2D eigenvalue weighted by Gasteiger charge is 2.21. The van der Waals surface area contributed by atoms with Crippen LogP contribution >= 0.6 is 0 Å². The van der Waals surface area contributed by atoms with E-state index in [1.165, 1.54) is 0 Å². The number of hydrogen-bond acceptors (Lipinski definition) is 5. The van der Waals surface area contributed by atoms with Gasteiger partial charge in [0, 0.05) is 45.3 Å². The van der Waals surface area contributed by atoms with Crippen LogP contribution in [0.4, 0.5) is 5.82 Å². The molecule has 0 radical (unpaired) electrons. The highest BCUT2D eigenvalue weighted by molar-refractivity contribution is 5.80. The molecule has 1 saturated heterocycles. The third-order valence-corrected chi connectivity index (χ3v) is 3.60. The van der Waals surface area contributed by atoms with Crippen LogP contribution in [0.25, 0.3) is 0 Å². The van der Waals surface area contributed by atoms with E-state index in [1.54, 1.807) is 13.2 Å². The Bertz CT molecular complexity index is 486. The van der Waals surface area contributed by atoms with Crippen LogP contribution in [0.15, 0.2) is 24.4 Å². The summed E-state index contributed by atoms with van der Waals surface area (Å²) >= 11 is 0. The Kier molecular flexibility index (Phi) is 6.14. The number of rotatable bonds is 6. The molecule has 1 aromatic heterocycles. The zero-order chi connectivity index (χ0) is 15.8. The second-order valence-corrected chi connectivity index (χ2v) is 5.19. The Labute approximate surface area is 130 Å². The number of aromatic nitrogens is 1. The summed E-state index contributed by atoms with van der Waals surface area (Å²) in [6, 6.07) is 5.84. The zero-order valence-electron chi connectivity index (χ0n) is 12.9. The molecule has 0 unspecified atom stereocenters. The number of pyridine rings is 1. The van der Waals surface area contributed by atoms with Crippen molar-refractivity contribution in [1.82, 2.24) is 20.5 Å². The van der Waals surface area contributed by atoms with Crippen molar-refractivity contribution in [3.63, 3.8) is 0 Å². The van der Waals surface area contributed by atoms with E-state index >= 15 is 0 Å². The van der Waals surface area contributed by atoms with Crippen molar-refractivity contribution in [3.8, 4) is 0 Å². The standard InChI is InChI=1S/C15H23N5O2/c1-16-12-14(21)18-7-5-15(22)20-10-8-19(9-11-20)13-4-2-3-6-17-13/h2-4,6,16H,5,7-12H2,1H3,(H,18,21). The molecule has 0 saturated carbocycles. The third-order valence-electron chi connectivity index (χ3n) is 3.60. The fourth-order valence-electron chi connectivity index (χ4n) is 2.42. The van der Waals surface area contributed by atoms with Gasteiger partial charge in [0.05, 0.1) is 6.54 Å². The molecule has 2 heterocycles. The normalized spacial score (nSPS) is 14.8. The Morgan fingerprint density at radius 2 is 2.00 bits per heavy atom. The van der Waals surface area contributed by atoms with Crippen molar-refractivity contribution < 1.29 is 9.59 Å². The topological polar surface area (TPSA) is 77.6 Å². The molecular formula is C15H23N5O2. The molecule has 1 aliphatic rings. The third kappa shape index (κ3) is 4.70. The van der Waals surface area contributed by atoms with Gasteiger partial charge < -0.3 is 20.4 Å². The number of piperazine rings is 1. The lowest BCUT2D eigenvalue weighted by Gasteiger charge is -2.35. The van der Waals surface area contributed by atoms with E-state index in [4.69, 9.17) is 0 Å². The molecule has 2 amide bonds. The van der Waals surface area contributed by atoms with Gasteiger partial charge in [0.2, 0.25) is 11.8 Å². The number of likely N-dealkylation sites (N-methyl/N-ethyl adjacent to an activating group) is 1. The first-order chi connectivity index (χ1) is 10.7. The molecule has 0 bridgehead atoms. The van der Waals surface area contributed by atoms with Crippen LogP contribution in [0.2, 0.25) is 0 Å². The number of amides is 2. The number of carbonyl (C=O) groups excluding carboxylic acids is 2. The van der Waals surface area contributed by atoms with Crippen molar-refractivity contribution in [2.24, 2.45) is 0 Å². The maximum absolute atomic E-state index is 12.1. The van der Waals surface area contributed by atoms with Crippen LogP contribution in [-0.2, 0) is 9.59 Å². The number of carbonyl (C=O) groups is 2. The van der Waals surface area contributed by atoms with Crippen LogP contribution in [0.3, 0.4) is 0 Å². The van der Waals surface area contributed by atoms with Crippen molar-refractivity contribution in [1.29, 1.82) is 0 Å². The summed E-state index contributed by atoms with van der Waals surface area (Å²) in [6.07, 6.45) is 2.12. The van der Waals surface area contributed by atoms with Gasteiger partial charge in [0.25, 0.3) is 0 Å². The average molecular weight is 305 g/mol. The van der Waals surface area contributed by atoms with Gasteiger partial charge in [-0.05, 0) is 19.2 Å². The smallest absolute Gasteiger partial charge is 0.233 e. The molecule has 1 fully saturated rings. The molecular weight excluding hydrogens is 282 g/mol. The largest absolute Gasteiger partial charge is 0.354 e. The minimum Gasteiger partial charge on any atom is -0.354 e. The lowest BCUT2D eigenvalue weighted by Crippen LogP contribution is -2.49. The number of nitrogens with zero attached hydrogens (tertiary/aromatic N) is 3. The van der Waals surface area contributed by atoms with Gasteiger partial charge in [-0.3, -0.25) is 9.59 Å². The van der Waals surface area contributed by atoms with Crippen molar-refractivity contribution >= 4 is 17.6 Å². The van der Waals surface area contributed by atoms with E-state index < -0.39 is 0 Å². The molecule has 7 heteroatoms. The highest BCUT2D eigenvalue weighted by Crippen LogP contribution is 2.12. The Balaban J connectivity index is 1.70. The first-order valence-corrected chi connectivity index (χ1v) is 7.56. The lowest BCUT2D eigenvalue weighted by molar-refractivity contribution is -0.131. The summed E-state index contributed by atoms with van der Waals surface area (Å²) in [5.41, 5.74) is 0. The molecule has 1 aliphatic heterocycles. The zero-order valence-corrected chi connectivity index (χ0v) is 12.9. The second-order valence-electron chi connectivity index (χ2n) is 5.19. The molecule has 2 rings (SSSR count). The summed E-state index contributed by atoms with van der Waals surface area (Å²) in [5, 5.41) is 5.49. The summed E-state index contributed by atoms with van der Waals surface area (Å²) in [5.74, 6) is 0.953. The number of anilines is 1. The van der Waals surface area contributed by atoms with Crippen LogP contribution in [0, 0.1) is 0 Å². The first kappa shape index (κ1) is 16.2. The van der Waals surface area contributed by atoms with Gasteiger partial charge in [-0.2, -0.15) is 0 Å². The molecule has 0 aliphatic carbocycles. The van der Waals surface area contributed by atoms with E-state index in [0.717, 1.165) is 18.9 Å². The van der Waals surface area contributed by atoms with Gasteiger partial charge in [-0.25, -0.2) is 4.98 Å². The molecule has 7 nitrogen and oxygen atoms in total. The molecule has 0 spiro atoms. The summed E-state index contributed by atoms with van der Waals surface area (Å²) in [7, 11) is 1.71. The molecule has 22 heavy (non-hydrogen) atoms. The molecule has 0 aromatic carbocycles. The van der Waals surface area contributed by atoms with Crippen molar-refractivity contribution in [3.05, 3.63) is 24.4 Å². The fraction of sp³-hybridized carbons (Fsp3) is 0.533. The van der Waals surface area contributed by atoms with Gasteiger partial charge in [-0.15, -0.1) is 0 Å². The molecule has 120 valence electrons. The van der Waals surface area contributed by atoms with Gasteiger partial charge in [0.15, 0.2) is 0 Å². The maximum atomic E-state index is 12.1. The Hall–Kier alpha value is -2.15. The van der Waals surface area contributed by atoms with E-state index in [1.807, 2.05) is 23.1 Å². The van der Waals surface area contributed by atoms with Crippen LogP contribution < -0.4 is 15.5 Å². The van der Waals surface area contributed by atoms with Gasteiger partial charge >= 0.3 is 0 Å². The maximum Gasteiger partial charge on any atom is 0.233 e. The Morgan fingerprint density at radius 3 is 2.64 bits per heavy atom. The minimum atomic E-state index is -0.0877. The second kappa shape index (κ2) is 8.33. The van der Waals surface area contributed by atoms with Crippen molar-refractivity contribution in [2.75, 3.05) is 51.2 Å². The molecule has 1 aromatic rings. The summed E-state index contributed by atoms with van der Waals surface area (Å²) < 4.78 is 0. The van der Waals surface area contributed by atoms with Crippen LogP contribution in [0.5, 0.6) is 0 Å². The predicted octanol–water partition coefficient (Wildman–Crippen LogP) is -0.544. The summed E-state index contributed by atoms with van der Waals surface area (Å²) in [6.45, 7) is 3.63. The van der Waals surface area contributed by atoms with Crippen molar-refractivity contribution in [2.45, 2.75) is 6.42 Å². The highest BCUT2D eigenvalue weighted by atomic mass is 16.2. The lowest BCUT2D eigenvalue weighted by atomic mass is 10.2. The first-order valence-electron chi connectivity index (χ1n) is 7.56. The SMILES string of the molecule is CNCC(=O)NCCC(=O)N1CCN(c2ccccn2)CC1. The Morgan fingerprint density at radius 1 is 1.23 bits per heavy atom. The van der Waals surface area contributed by atoms with E-state index in [9.17, 15) is 9.59 Å². The minimum absolute atomic E-state index is 0.0877. The van der Waals surface area contributed by atoms with E-state index in [0.29, 0.717) is 26.1 Å². The van der Waals surface area contributed by atoms with Gasteiger partial charge in [0.1, 0.15) is 5.82 Å². The number of nitrogens with one attached hydrogen (secondary N) is 2. The van der Waals surface area contributed by atoms with E-state index in [-0.39, 0.29) is 18.4 Å².